The highest BCUT2D eigenvalue weighted by molar-refractivity contribution is 5.77. The van der Waals surface area contributed by atoms with Crippen LogP contribution in [0.3, 0.4) is 0 Å². The van der Waals surface area contributed by atoms with Gasteiger partial charge in [-0.25, -0.2) is 0 Å². The smallest absolute Gasteiger partial charge is 0.307 e. The number of rotatable bonds is 2. The van der Waals surface area contributed by atoms with Crippen molar-refractivity contribution in [2.24, 2.45) is 11.3 Å². The van der Waals surface area contributed by atoms with Crippen LogP contribution in [0.1, 0.15) is 31.0 Å². The lowest BCUT2D eigenvalue weighted by Crippen LogP contribution is -2.03. The fourth-order valence-electron chi connectivity index (χ4n) is 2.43. The van der Waals surface area contributed by atoms with Crippen LogP contribution >= 0.6 is 0 Å². The molecule has 80 valence electrons. The van der Waals surface area contributed by atoms with E-state index in [0.29, 0.717) is 0 Å². The van der Waals surface area contributed by atoms with Crippen molar-refractivity contribution in [2.75, 3.05) is 0 Å². The molecule has 1 aromatic rings. The highest BCUT2D eigenvalue weighted by Crippen LogP contribution is 2.64. The molecule has 0 bridgehead atoms. The van der Waals surface area contributed by atoms with Gasteiger partial charge in [0, 0.05) is 17.8 Å². The van der Waals surface area contributed by atoms with Gasteiger partial charge in [0.25, 0.3) is 0 Å². The van der Waals surface area contributed by atoms with Gasteiger partial charge in [0.2, 0.25) is 0 Å². The molecule has 0 aliphatic heterocycles. The van der Waals surface area contributed by atoms with Gasteiger partial charge in [-0.3, -0.25) is 9.78 Å². The van der Waals surface area contributed by atoms with E-state index in [1.54, 1.807) is 6.20 Å². The minimum atomic E-state index is -0.713. The molecule has 2 rings (SSSR count). The van der Waals surface area contributed by atoms with Crippen molar-refractivity contribution in [3.05, 3.63) is 29.6 Å². The Labute approximate surface area is 89.2 Å². The van der Waals surface area contributed by atoms with E-state index in [2.05, 4.69) is 4.98 Å². The Kier molecular flexibility index (Phi) is 2.07. The molecule has 1 aromatic heterocycles. The van der Waals surface area contributed by atoms with Crippen LogP contribution in [0.5, 0.6) is 0 Å². The monoisotopic (exact) mass is 205 g/mol. The summed E-state index contributed by atoms with van der Waals surface area (Å²) in [5.74, 6) is -0.933. The van der Waals surface area contributed by atoms with Crippen LogP contribution < -0.4 is 0 Å². The number of aromatic nitrogens is 1. The van der Waals surface area contributed by atoms with E-state index >= 15 is 0 Å². The van der Waals surface area contributed by atoms with E-state index in [0.717, 1.165) is 11.3 Å². The van der Waals surface area contributed by atoms with Gasteiger partial charge in [-0.1, -0.05) is 19.9 Å². The molecule has 0 saturated heterocycles. The van der Waals surface area contributed by atoms with Crippen LogP contribution in [0.2, 0.25) is 0 Å². The molecule has 1 aliphatic rings. The number of aryl methyl sites for hydroxylation is 1. The maximum Gasteiger partial charge on any atom is 0.307 e. The first-order chi connectivity index (χ1) is 6.96. The number of pyridine rings is 1. The minimum Gasteiger partial charge on any atom is -0.481 e. The molecule has 0 unspecified atom stereocenters. The lowest BCUT2D eigenvalue weighted by Gasteiger charge is -2.04. The Hall–Kier alpha value is -1.38. The van der Waals surface area contributed by atoms with Crippen LogP contribution in [0, 0.1) is 18.3 Å². The quantitative estimate of drug-likeness (QED) is 0.805. The van der Waals surface area contributed by atoms with Crippen LogP contribution in [0.15, 0.2) is 18.3 Å². The summed E-state index contributed by atoms with van der Waals surface area (Å²) in [7, 11) is 0. The highest BCUT2D eigenvalue weighted by atomic mass is 16.4. The first-order valence-corrected chi connectivity index (χ1v) is 5.10. The zero-order chi connectivity index (χ0) is 11.2. The first kappa shape index (κ1) is 10.1. The summed E-state index contributed by atoms with van der Waals surface area (Å²) < 4.78 is 0. The molecule has 0 spiro atoms. The van der Waals surface area contributed by atoms with Gasteiger partial charge in [0.05, 0.1) is 5.92 Å². The lowest BCUT2D eigenvalue weighted by molar-refractivity contribution is -0.139. The molecule has 0 radical (unpaired) electrons. The largest absolute Gasteiger partial charge is 0.481 e. The van der Waals surface area contributed by atoms with Gasteiger partial charge in [0.15, 0.2) is 0 Å². The Morgan fingerprint density at radius 1 is 1.53 bits per heavy atom. The van der Waals surface area contributed by atoms with E-state index in [-0.39, 0.29) is 17.3 Å². The van der Waals surface area contributed by atoms with Crippen molar-refractivity contribution in [2.45, 2.75) is 26.7 Å². The van der Waals surface area contributed by atoms with Crippen molar-refractivity contribution in [1.82, 2.24) is 4.98 Å². The number of nitrogens with zero attached hydrogens (tertiary/aromatic N) is 1. The molecule has 1 fully saturated rings. The van der Waals surface area contributed by atoms with Crippen LogP contribution in [0.4, 0.5) is 0 Å². The van der Waals surface area contributed by atoms with Gasteiger partial charge >= 0.3 is 5.97 Å². The molecule has 15 heavy (non-hydrogen) atoms. The average Bonchev–Trinajstić information content (AvgIpc) is 2.70. The van der Waals surface area contributed by atoms with E-state index in [1.807, 2.05) is 32.9 Å². The summed E-state index contributed by atoms with van der Waals surface area (Å²) in [6.45, 7) is 5.96. The predicted octanol–water partition coefficient (Wildman–Crippen LogP) is 2.21. The topological polar surface area (TPSA) is 50.2 Å². The number of carboxylic acids is 1. The third-order valence-electron chi connectivity index (χ3n) is 3.44. The van der Waals surface area contributed by atoms with Gasteiger partial charge in [-0.05, 0) is 24.0 Å². The molecular formula is C12H15NO2. The number of carboxylic acid groups (broad SMARTS) is 1. The maximum absolute atomic E-state index is 11.0. The number of hydrogen-bond donors (Lipinski definition) is 1. The third kappa shape index (κ3) is 1.42. The second kappa shape index (κ2) is 3.05. The van der Waals surface area contributed by atoms with Gasteiger partial charge in [-0.2, -0.15) is 0 Å². The van der Waals surface area contributed by atoms with Crippen LogP contribution in [-0.4, -0.2) is 16.1 Å². The Morgan fingerprint density at radius 3 is 2.67 bits per heavy atom. The molecule has 0 aromatic carbocycles. The van der Waals surface area contributed by atoms with Crippen LogP contribution in [-0.2, 0) is 4.79 Å². The summed E-state index contributed by atoms with van der Waals surface area (Å²) in [6.07, 6.45) is 1.73. The lowest BCUT2D eigenvalue weighted by atomic mass is 10.0. The third-order valence-corrected chi connectivity index (χ3v) is 3.44. The van der Waals surface area contributed by atoms with E-state index < -0.39 is 5.97 Å². The second-order valence-electron chi connectivity index (χ2n) is 4.82. The van der Waals surface area contributed by atoms with E-state index in [9.17, 15) is 4.79 Å². The number of carbonyl (C=O) groups is 1. The van der Waals surface area contributed by atoms with Crippen molar-refractivity contribution in [1.29, 1.82) is 0 Å². The molecule has 0 amide bonds. The first-order valence-electron chi connectivity index (χ1n) is 5.10. The molecule has 3 heteroatoms. The minimum absolute atomic E-state index is 0.0659. The van der Waals surface area contributed by atoms with Crippen molar-refractivity contribution in [3.63, 3.8) is 0 Å². The predicted molar refractivity (Wildman–Crippen MR) is 56.6 cm³/mol. The van der Waals surface area contributed by atoms with Crippen LogP contribution in [0.25, 0.3) is 0 Å². The maximum atomic E-state index is 11.0. The zero-order valence-electron chi connectivity index (χ0n) is 9.19. The van der Waals surface area contributed by atoms with Gasteiger partial charge in [0.1, 0.15) is 0 Å². The molecular weight excluding hydrogens is 190 g/mol. The second-order valence-corrected chi connectivity index (χ2v) is 4.82. The average molecular weight is 205 g/mol. The summed E-state index contributed by atoms with van der Waals surface area (Å²) >= 11 is 0. The normalized spacial score (nSPS) is 27.4. The fraction of sp³-hybridized carbons (Fsp3) is 0.500. The Bertz CT molecular complexity index is 412. The standard InChI is InChI=1S/C12H15NO2/c1-7-5-4-6-13-10(7)8-9(11(14)15)12(8,2)3/h4-6,8-9H,1-3H3,(H,14,15)/t8-,9-/m0/s1. The van der Waals surface area contributed by atoms with E-state index in [4.69, 9.17) is 5.11 Å². The summed E-state index contributed by atoms with van der Waals surface area (Å²) in [6, 6.07) is 3.86. The molecule has 2 atom stereocenters. The summed E-state index contributed by atoms with van der Waals surface area (Å²) in [4.78, 5) is 15.3. The van der Waals surface area contributed by atoms with Gasteiger partial charge in [-0.15, -0.1) is 0 Å². The molecule has 1 heterocycles. The summed E-state index contributed by atoms with van der Waals surface area (Å²) in [5, 5.41) is 9.08. The van der Waals surface area contributed by atoms with E-state index in [1.165, 1.54) is 0 Å². The molecule has 1 N–H and O–H groups in total. The zero-order valence-corrected chi connectivity index (χ0v) is 9.19. The summed E-state index contributed by atoms with van der Waals surface area (Å²) in [5.41, 5.74) is 1.86. The molecule has 3 nitrogen and oxygen atoms in total. The van der Waals surface area contributed by atoms with Crippen molar-refractivity contribution in [3.8, 4) is 0 Å². The highest BCUT2D eigenvalue weighted by Gasteiger charge is 2.63. The van der Waals surface area contributed by atoms with Crippen molar-refractivity contribution >= 4 is 5.97 Å². The number of aliphatic carboxylic acids is 1. The van der Waals surface area contributed by atoms with Gasteiger partial charge < -0.3 is 5.11 Å². The fourth-order valence-corrected chi connectivity index (χ4v) is 2.43. The number of hydrogen-bond acceptors (Lipinski definition) is 2. The Balaban J connectivity index is 2.36. The molecule has 1 saturated carbocycles. The van der Waals surface area contributed by atoms with Crippen molar-refractivity contribution < 1.29 is 9.90 Å². The molecule has 1 aliphatic carbocycles. The SMILES string of the molecule is Cc1cccnc1[C@@H]1[C@@H](C(=O)O)C1(C)C. The Morgan fingerprint density at radius 2 is 2.20 bits per heavy atom.